The van der Waals surface area contributed by atoms with Crippen molar-refractivity contribution in [1.82, 2.24) is 10.0 Å². The summed E-state index contributed by atoms with van der Waals surface area (Å²) in [6, 6.07) is 5.92. The van der Waals surface area contributed by atoms with Gasteiger partial charge in [-0.05, 0) is 37.8 Å². The Hall–Kier alpha value is -0.940. The lowest BCUT2D eigenvalue weighted by molar-refractivity contribution is 0.345. The van der Waals surface area contributed by atoms with Crippen LogP contribution in [0.15, 0.2) is 16.3 Å². The van der Waals surface area contributed by atoms with Gasteiger partial charge in [-0.2, -0.15) is 5.26 Å². The summed E-state index contributed by atoms with van der Waals surface area (Å²) in [6.45, 7) is 0. The Labute approximate surface area is 116 Å². The Kier molecular flexibility index (Phi) is 3.35. The standard InChI is InChI=1S/C12H15N3O2S2/c13-7-11-3-4-12(18-11)19(16,17)15-10-5-8-1-2-9(6-10)14-8/h3-4,8-10,14-15H,1-2,5-6H2. The number of nitrogens with zero attached hydrogens (tertiary/aromatic N) is 1. The normalized spacial score (nSPS) is 30.2. The van der Waals surface area contributed by atoms with E-state index < -0.39 is 10.0 Å². The van der Waals surface area contributed by atoms with Gasteiger partial charge in [-0.1, -0.05) is 0 Å². The van der Waals surface area contributed by atoms with Crippen LogP contribution >= 0.6 is 11.3 Å². The van der Waals surface area contributed by atoms with Crippen LogP contribution in [0.4, 0.5) is 0 Å². The SMILES string of the molecule is N#Cc1ccc(S(=O)(=O)NC2CC3CCC(C2)N3)s1. The molecule has 0 aromatic carbocycles. The predicted molar refractivity (Wildman–Crippen MR) is 72.3 cm³/mol. The maximum Gasteiger partial charge on any atom is 0.250 e. The molecule has 2 unspecified atom stereocenters. The van der Waals surface area contributed by atoms with Crippen molar-refractivity contribution < 1.29 is 8.42 Å². The lowest BCUT2D eigenvalue weighted by Gasteiger charge is -2.29. The van der Waals surface area contributed by atoms with E-state index in [9.17, 15) is 8.42 Å². The van der Waals surface area contributed by atoms with Gasteiger partial charge in [-0.25, -0.2) is 13.1 Å². The minimum Gasteiger partial charge on any atom is -0.311 e. The van der Waals surface area contributed by atoms with Crippen LogP contribution in [-0.4, -0.2) is 26.5 Å². The van der Waals surface area contributed by atoms with Crippen molar-refractivity contribution in [2.45, 2.75) is 48.0 Å². The number of rotatable bonds is 3. The lowest BCUT2D eigenvalue weighted by atomic mass is 10.0. The summed E-state index contributed by atoms with van der Waals surface area (Å²) in [5.74, 6) is 0. The van der Waals surface area contributed by atoms with E-state index in [1.165, 1.54) is 6.07 Å². The van der Waals surface area contributed by atoms with E-state index >= 15 is 0 Å². The maximum atomic E-state index is 12.2. The van der Waals surface area contributed by atoms with Gasteiger partial charge in [-0.15, -0.1) is 11.3 Å². The Morgan fingerprint density at radius 2 is 2.00 bits per heavy atom. The molecule has 2 aliphatic rings. The highest BCUT2D eigenvalue weighted by molar-refractivity contribution is 7.91. The van der Waals surface area contributed by atoms with E-state index in [-0.39, 0.29) is 10.3 Å². The third-order valence-electron chi connectivity index (χ3n) is 3.75. The van der Waals surface area contributed by atoms with Crippen LogP contribution in [0, 0.1) is 11.3 Å². The molecule has 0 radical (unpaired) electrons. The zero-order valence-corrected chi connectivity index (χ0v) is 11.9. The first-order valence-electron chi connectivity index (χ1n) is 6.35. The van der Waals surface area contributed by atoms with Crippen molar-refractivity contribution in [1.29, 1.82) is 5.26 Å². The second-order valence-corrected chi connectivity index (χ2v) is 8.18. The number of hydrogen-bond donors (Lipinski definition) is 2. The summed E-state index contributed by atoms with van der Waals surface area (Å²) < 4.78 is 27.5. The first kappa shape index (κ1) is 13.1. The van der Waals surface area contributed by atoms with E-state index in [1.54, 1.807) is 6.07 Å². The fourth-order valence-corrected chi connectivity index (χ4v) is 5.34. The van der Waals surface area contributed by atoms with Crippen LogP contribution in [0.5, 0.6) is 0 Å². The van der Waals surface area contributed by atoms with Crippen LogP contribution in [0.25, 0.3) is 0 Å². The van der Waals surface area contributed by atoms with Gasteiger partial charge in [0, 0.05) is 18.1 Å². The van der Waals surface area contributed by atoms with Gasteiger partial charge in [-0.3, -0.25) is 0 Å². The van der Waals surface area contributed by atoms with Crippen molar-refractivity contribution in [3.05, 3.63) is 17.0 Å². The molecule has 2 aliphatic heterocycles. The average Bonchev–Trinajstić information content (AvgIpc) is 2.96. The highest BCUT2D eigenvalue weighted by Crippen LogP contribution is 2.28. The summed E-state index contributed by atoms with van der Waals surface area (Å²) in [7, 11) is -3.48. The smallest absolute Gasteiger partial charge is 0.250 e. The zero-order valence-electron chi connectivity index (χ0n) is 10.3. The van der Waals surface area contributed by atoms with Crippen molar-refractivity contribution in [2.24, 2.45) is 0 Å². The summed E-state index contributed by atoms with van der Waals surface area (Å²) in [4.78, 5) is 0.422. The van der Waals surface area contributed by atoms with Gasteiger partial charge in [0.05, 0.1) is 0 Å². The van der Waals surface area contributed by atoms with Crippen molar-refractivity contribution in [3.8, 4) is 6.07 Å². The molecule has 2 fully saturated rings. The monoisotopic (exact) mass is 297 g/mol. The van der Waals surface area contributed by atoms with Crippen molar-refractivity contribution in [2.75, 3.05) is 0 Å². The molecule has 5 nitrogen and oxygen atoms in total. The maximum absolute atomic E-state index is 12.2. The highest BCUT2D eigenvalue weighted by Gasteiger charge is 2.35. The van der Waals surface area contributed by atoms with Crippen LogP contribution in [-0.2, 0) is 10.0 Å². The van der Waals surface area contributed by atoms with Crippen LogP contribution < -0.4 is 10.0 Å². The lowest BCUT2D eigenvalue weighted by Crippen LogP contribution is -2.47. The zero-order chi connectivity index (χ0) is 13.5. The first-order chi connectivity index (χ1) is 9.06. The van der Waals surface area contributed by atoms with Gasteiger partial charge in [0.25, 0.3) is 0 Å². The van der Waals surface area contributed by atoms with Gasteiger partial charge in [0.1, 0.15) is 15.2 Å². The summed E-state index contributed by atoms with van der Waals surface area (Å²) in [5.41, 5.74) is 0. The topological polar surface area (TPSA) is 82.0 Å². The van der Waals surface area contributed by atoms with E-state index in [2.05, 4.69) is 10.0 Å². The van der Waals surface area contributed by atoms with Crippen molar-refractivity contribution >= 4 is 21.4 Å². The second kappa shape index (κ2) is 4.87. The molecule has 0 saturated carbocycles. The third-order valence-corrected chi connectivity index (χ3v) is 6.75. The Morgan fingerprint density at radius 3 is 2.58 bits per heavy atom. The average molecular weight is 297 g/mol. The molecule has 0 aliphatic carbocycles. The molecule has 3 heterocycles. The largest absolute Gasteiger partial charge is 0.311 e. The third kappa shape index (κ3) is 2.67. The molecule has 1 aromatic rings. The number of thiophene rings is 1. The summed E-state index contributed by atoms with van der Waals surface area (Å²) >= 11 is 1.02. The molecular formula is C12H15N3O2S2. The number of sulfonamides is 1. The molecule has 2 bridgehead atoms. The Morgan fingerprint density at radius 1 is 1.32 bits per heavy atom. The molecule has 102 valence electrons. The fourth-order valence-electron chi connectivity index (χ4n) is 2.96. The quantitative estimate of drug-likeness (QED) is 0.878. The first-order valence-corrected chi connectivity index (χ1v) is 8.65. The molecule has 3 rings (SSSR count). The van der Waals surface area contributed by atoms with Gasteiger partial charge >= 0.3 is 0 Å². The van der Waals surface area contributed by atoms with E-state index in [0.717, 1.165) is 37.0 Å². The number of nitrogens with one attached hydrogen (secondary N) is 2. The summed E-state index contributed by atoms with van der Waals surface area (Å²) in [5, 5.41) is 12.2. The van der Waals surface area contributed by atoms with E-state index in [1.807, 2.05) is 6.07 Å². The molecule has 2 atom stereocenters. The molecule has 2 saturated heterocycles. The number of hydrogen-bond acceptors (Lipinski definition) is 5. The highest BCUT2D eigenvalue weighted by atomic mass is 32.2. The Balaban J connectivity index is 1.73. The van der Waals surface area contributed by atoms with Gasteiger partial charge < -0.3 is 5.32 Å². The van der Waals surface area contributed by atoms with Gasteiger partial charge in [0.15, 0.2) is 0 Å². The second-order valence-electron chi connectivity index (χ2n) is 5.16. The fraction of sp³-hybridized carbons (Fsp3) is 0.583. The van der Waals surface area contributed by atoms with E-state index in [0.29, 0.717) is 17.0 Å². The molecule has 2 N–H and O–H groups in total. The minimum atomic E-state index is -3.48. The summed E-state index contributed by atoms with van der Waals surface area (Å²) in [6.07, 6.45) is 3.99. The Bertz CT molecular complexity index is 605. The van der Waals surface area contributed by atoms with Gasteiger partial charge in [0.2, 0.25) is 10.0 Å². The number of fused-ring (bicyclic) bond motifs is 2. The molecule has 0 amide bonds. The van der Waals surface area contributed by atoms with Crippen LogP contribution in [0.3, 0.4) is 0 Å². The molecule has 19 heavy (non-hydrogen) atoms. The molecule has 0 spiro atoms. The molecule has 1 aromatic heterocycles. The molecular weight excluding hydrogens is 282 g/mol. The van der Waals surface area contributed by atoms with Crippen LogP contribution in [0.1, 0.15) is 30.6 Å². The van der Waals surface area contributed by atoms with E-state index in [4.69, 9.17) is 5.26 Å². The minimum absolute atomic E-state index is 0.0105. The number of nitriles is 1. The predicted octanol–water partition coefficient (Wildman–Crippen LogP) is 1.18. The molecule has 7 heteroatoms. The number of piperidine rings is 1. The van der Waals surface area contributed by atoms with Crippen LogP contribution in [0.2, 0.25) is 0 Å². The van der Waals surface area contributed by atoms with Crippen molar-refractivity contribution in [3.63, 3.8) is 0 Å².